The lowest BCUT2D eigenvalue weighted by atomic mass is 9.87. The molecule has 0 heterocycles. The number of rotatable bonds is 3. The van der Waals surface area contributed by atoms with Gasteiger partial charge in [0.1, 0.15) is 0 Å². The number of nitrogens with two attached hydrogens (primary N) is 1. The third-order valence-electron chi connectivity index (χ3n) is 2.05. The van der Waals surface area contributed by atoms with Crippen molar-refractivity contribution in [3.8, 4) is 0 Å². The van der Waals surface area contributed by atoms with Gasteiger partial charge in [-0.3, -0.25) is 0 Å². The van der Waals surface area contributed by atoms with Crippen LogP contribution in [0.5, 0.6) is 0 Å². The molecule has 0 spiro atoms. The zero-order valence-corrected chi connectivity index (χ0v) is 9.01. The molecule has 1 unspecified atom stereocenters. The maximum atomic E-state index is 12.0. The Morgan fingerprint density at radius 1 is 1.31 bits per heavy atom. The van der Waals surface area contributed by atoms with Crippen LogP contribution < -0.4 is 11.1 Å². The molecule has 1 aliphatic rings. The minimum atomic E-state index is -2.27. The summed E-state index contributed by atoms with van der Waals surface area (Å²) < 4.78 is 23.9. The molecule has 2 nitrogen and oxygen atoms in total. The number of nitrogens with one attached hydrogen (secondary N) is 1. The Balaban J connectivity index is 0. The molecule has 0 aromatic carbocycles. The van der Waals surface area contributed by atoms with Crippen LogP contribution in [0, 0.1) is 0 Å². The van der Waals surface area contributed by atoms with Crippen LogP contribution in [-0.2, 0) is 0 Å². The third-order valence-corrected chi connectivity index (χ3v) is 2.05. The van der Waals surface area contributed by atoms with E-state index in [-0.39, 0.29) is 36.9 Å². The first-order valence-electron chi connectivity index (χ1n) is 3.89. The Bertz CT molecular complexity index is 132. The van der Waals surface area contributed by atoms with E-state index < -0.39 is 12.5 Å². The molecular formula is C7H16Cl2F2N2. The molecule has 0 bridgehead atoms. The van der Waals surface area contributed by atoms with Crippen LogP contribution in [0.4, 0.5) is 8.78 Å². The summed E-state index contributed by atoms with van der Waals surface area (Å²) in [5.74, 6) is 0. The number of hydrogen-bond donors (Lipinski definition) is 2. The van der Waals surface area contributed by atoms with Crippen LogP contribution in [0.25, 0.3) is 0 Å². The Morgan fingerprint density at radius 3 is 2.08 bits per heavy atom. The van der Waals surface area contributed by atoms with Gasteiger partial charge in [-0.2, -0.15) is 0 Å². The van der Waals surface area contributed by atoms with Gasteiger partial charge in [0.2, 0.25) is 0 Å². The van der Waals surface area contributed by atoms with E-state index in [0.717, 1.165) is 12.8 Å². The molecule has 0 radical (unpaired) electrons. The van der Waals surface area contributed by atoms with Gasteiger partial charge in [-0.1, -0.05) is 0 Å². The Labute approximate surface area is 89.5 Å². The zero-order chi connectivity index (χ0) is 8.43. The van der Waals surface area contributed by atoms with E-state index in [2.05, 4.69) is 5.32 Å². The predicted molar refractivity (Wildman–Crippen MR) is 54.1 cm³/mol. The molecule has 1 fully saturated rings. The van der Waals surface area contributed by atoms with Crippen molar-refractivity contribution in [2.45, 2.75) is 44.3 Å². The Kier molecular flexibility index (Phi) is 8.23. The van der Waals surface area contributed by atoms with Crippen molar-refractivity contribution in [2.24, 2.45) is 5.73 Å². The molecule has 3 N–H and O–H groups in total. The van der Waals surface area contributed by atoms with E-state index in [4.69, 9.17) is 5.73 Å². The van der Waals surface area contributed by atoms with Gasteiger partial charge in [0.15, 0.2) is 0 Å². The van der Waals surface area contributed by atoms with E-state index in [1.54, 1.807) is 0 Å². The highest BCUT2D eigenvalue weighted by Gasteiger charge is 2.28. The summed E-state index contributed by atoms with van der Waals surface area (Å²) in [7, 11) is 0. The smallest absolute Gasteiger partial charge is 0.253 e. The maximum Gasteiger partial charge on any atom is 0.253 e. The first-order valence-corrected chi connectivity index (χ1v) is 3.89. The largest absolute Gasteiger partial charge is 0.328 e. The van der Waals surface area contributed by atoms with Gasteiger partial charge in [-0.05, 0) is 19.8 Å². The molecule has 82 valence electrons. The lowest BCUT2D eigenvalue weighted by Crippen LogP contribution is -2.52. The van der Waals surface area contributed by atoms with E-state index in [9.17, 15) is 8.78 Å². The molecule has 1 rings (SSSR count). The predicted octanol–water partition coefficient (Wildman–Crippen LogP) is 1.56. The van der Waals surface area contributed by atoms with Gasteiger partial charge >= 0.3 is 0 Å². The van der Waals surface area contributed by atoms with Crippen LogP contribution in [0.2, 0.25) is 0 Å². The molecule has 13 heavy (non-hydrogen) atoms. The van der Waals surface area contributed by atoms with E-state index in [1.807, 2.05) is 0 Å². The van der Waals surface area contributed by atoms with Crippen molar-refractivity contribution >= 4 is 24.8 Å². The fraction of sp³-hybridized carbons (Fsp3) is 1.00. The zero-order valence-electron chi connectivity index (χ0n) is 7.37. The van der Waals surface area contributed by atoms with Crippen LogP contribution in [0.3, 0.4) is 0 Å². The maximum absolute atomic E-state index is 12.0. The van der Waals surface area contributed by atoms with Gasteiger partial charge in [0.25, 0.3) is 6.43 Å². The Morgan fingerprint density at radius 2 is 1.77 bits per heavy atom. The normalized spacial score (nSPS) is 28.4. The fourth-order valence-electron chi connectivity index (χ4n) is 1.24. The monoisotopic (exact) mass is 236 g/mol. The second-order valence-electron chi connectivity index (χ2n) is 3.22. The van der Waals surface area contributed by atoms with E-state index in [1.165, 1.54) is 6.92 Å². The van der Waals surface area contributed by atoms with Crippen molar-refractivity contribution in [1.82, 2.24) is 5.32 Å². The topological polar surface area (TPSA) is 38.0 Å². The van der Waals surface area contributed by atoms with Crippen molar-refractivity contribution in [1.29, 1.82) is 0 Å². The highest BCUT2D eigenvalue weighted by Crippen LogP contribution is 2.18. The second kappa shape index (κ2) is 6.76. The molecule has 1 aliphatic carbocycles. The van der Waals surface area contributed by atoms with Crippen molar-refractivity contribution in [3.63, 3.8) is 0 Å². The molecule has 0 aliphatic heterocycles. The summed E-state index contributed by atoms with van der Waals surface area (Å²) >= 11 is 0. The van der Waals surface area contributed by atoms with Crippen molar-refractivity contribution < 1.29 is 8.78 Å². The van der Waals surface area contributed by atoms with E-state index in [0.29, 0.717) is 0 Å². The highest BCUT2D eigenvalue weighted by molar-refractivity contribution is 5.85. The summed E-state index contributed by atoms with van der Waals surface area (Å²) in [6, 6.07) is -0.265. The summed E-state index contributed by atoms with van der Waals surface area (Å²) in [4.78, 5) is 0. The van der Waals surface area contributed by atoms with Gasteiger partial charge in [-0.25, -0.2) is 8.78 Å². The molecule has 0 saturated heterocycles. The molecular weight excluding hydrogens is 221 g/mol. The Hall–Kier alpha value is 0.360. The summed E-state index contributed by atoms with van der Waals surface area (Å²) in [5, 5.41) is 2.82. The van der Waals surface area contributed by atoms with Gasteiger partial charge in [0.05, 0.1) is 6.04 Å². The molecule has 6 heteroatoms. The summed E-state index contributed by atoms with van der Waals surface area (Å²) in [5.41, 5.74) is 5.49. The SMILES string of the molecule is CC(NC1CC(N)C1)C(F)F.Cl.Cl. The van der Waals surface area contributed by atoms with Crippen LogP contribution in [0.1, 0.15) is 19.8 Å². The number of halogens is 4. The fourth-order valence-corrected chi connectivity index (χ4v) is 1.24. The highest BCUT2D eigenvalue weighted by atomic mass is 35.5. The molecule has 1 atom stereocenters. The van der Waals surface area contributed by atoms with Crippen LogP contribution >= 0.6 is 24.8 Å². The first-order chi connectivity index (χ1) is 5.09. The molecule has 0 aromatic heterocycles. The van der Waals surface area contributed by atoms with Crippen molar-refractivity contribution in [2.75, 3.05) is 0 Å². The molecule has 0 aromatic rings. The van der Waals surface area contributed by atoms with Gasteiger partial charge in [-0.15, -0.1) is 24.8 Å². The third kappa shape index (κ3) is 4.96. The van der Waals surface area contributed by atoms with Gasteiger partial charge < -0.3 is 11.1 Å². The van der Waals surface area contributed by atoms with Gasteiger partial charge in [0, 0.05) is 12.1 Å². The lowest BCUT2D eigenvalue weighted by Gasteiger charge is -2.35. The minimum absolute atomic E-state index is 0. The average molecular weight is 237 g/mol. The quantitative estimate of drug-likeness (QED) is 0.781. The molecule has 0 amide bonds. The molecule has 1 saturated carbocycles. The minimum Gasteiger partial charge on any atom is -0.328 e. The average Bonchev–Trinajstić information content (AvgIpc) is 1.84. The summed E-state index contributed by atoms with van der Waals surface area (Å²) in [6.45, 7) is 1.49. The van der Waals surface area contributed by atoms with Crippen molar-refractivity contribution in [3.05, 3.63) is 0 Å². The number of hydrogen-bond acceptors (Lipinski definition) is 2. The standard InChI is InChI=1S/C7H14F2N2.2ClH/c1-4(7(8)9)11-6-2-5(10)3-6;;/h4-7,11H,2-3,10H2,1H3;2*1H. The van der Waals surface area contributed by atoms with E-state index >= 15 is 0 Å². The number of alkyl halides is 2. The van der Waals surface area contributed by atoms with Crippen LogP contribution in [0.15, 0.2) is 0 Å². The first kappa shape index (κ1) is 15.8. The second-order valence-corrected chi connectivity index (χ2v) is 3.22. The lowest BCUT2D eigenvalue weighted by molar-refractivity contribution is 0.0897. The summed E-state index contributed by atoms with van der Waals surface area (Å²) in [6.07, 6.45) is -0.611. The van der Waals surface area contributed by atoms with Crippen LogP contribution in [-0.4, -0.2) is 24.6 Å².